The van der Waals surface area contributed by atoms with Gasteiger partial charge < -0.3 is 14.2 Å². The first-order chi connectivity index (χ1) is 17.0. The van der Waals surface area contributed by atoms with Crippen LogP contribution in [0.4, 0.5) is 0 Å². The van der Waals surface area contributed by atoms with Gasteiger partial charge in [0.2, 0.25) is 5.91 Å². The van der Waals surface area contributed by atoms with E-state index >= 15 is 0 Å². The molecule has 0 saturated carbocycles. The van der Waals surface area contributed by atoms with Crippen LogP contribution in [0.3, 0.4) is 0 Å². The lowest BCUT2D eigenvalue weighted by Gasteiger charge is -2.12. The van der Waals surface area contributed by atoms with Crippen LogP contribution in [-0.2, 0) is 17.8 Å². The lowest BCUT2D eigenvalue weighted by molar-refractivity contribution is -0.121. The highest BCUT2D eigenvalue weighted by Gasteiger charge is 2.07. The van der Waals surface area contributed by atoms with Gasteiger partial charge in [-0.3, -0.25) is 4.79 Å². The Labute approximate surface area is 215 Å². The first-order valence-electron chi connectivity index (χ1n) is 11.6. The zero-order valence-corrected chi connectivity index (χ0v) is 21.9. The van der Waals surface area contributed by atoms with Gasteiger partial charge in [-0.05, 0) is 88.3 Å². The third-order valence-electron chi connectivity index (χ3n) is 5.45. The van der Waals surface area contributed by atoms with Crippen LogP contribution in [0.5, 0.6) is 17.2 Å². The summed E-state index contributed by atoms with van der Waals surface area (Å²) in [5.41, 5.74) is 6.88. The summed E-state index contributed by atoms with van der Waals surface area (Å²) in [6, 6.07) is 19.7. The van der Waals surface area contributed by atoms with Gasteiger partial charge in [0.05, 0.1) is 24.4 Å². The number of hydrogen-bond acceptors (Lipinski definition) is 5. The Morgan fingerprint density at radius 3 is 2.57 bits per heavy atom. The highest BCUT2D eigenvalue weighted by Crippen LogP contribution is 2.29. The van der Waals surface area contributed by atoms with Gasteiger partial charge in [-0.1, -0.05) is 37.3 Å². The number of rotatable bonds is 12. The summed E-state index contributed by atoms with van der Waals surface area (Å²) in [5, 5.41) is 4.05. The van der Waals surface area contributed by atoms with Crippen LogP contribution >= 0.6 is 15.9 Å². The number of nitrogens with one attached hydrogen (secondary N) is 1. The van der Waals surface area contributed by atoms with Crippen molar-refractivity contribution in [1.29, 1.82) is 0 Å². The number of amides is 1. The number of carbonyl (C=O) groups excluding carboxylic acids is 1. The van der Waals surface area contributed by atoms with E-state index in [0.717, 1.165) is 27.8 Å². The number of methoxy groups -OCH3 is 1. The molecule has 0 aliphatic carbocycles. The second-order valence-electron chi connectivity index (χ2n) is 7.99. The predicted octanol–water partition coefficient (Wildman–Crippen LogP) is 6.22. The molecule has 0 unspecified atom stereocenters. The molecule has 1 amide bonds. The van der Waals surface area contributed by atoms with Crippen LogP contribution in [0, 0.1) is 6.92 Å². The fourth-order valence-electron chi connectivity index (χ4n) is 3.34. The molecule has 0 aliphatic rings. The molecule has 0 atom stereocenters. The van der Waals surface area contributed by atoms with E-state index in [0.29, 0.717) is 37.6 Å². The zero-order valence-electron chi connectivity index (χ0n) is 20.3. The number of hydrazone groups is 1. The molecule has 0 fully saturated rings. The number of carbonyl (C=O) groups is 1. The largest absolute Gasteiger partial charge is 0.493 e. The molecule has 3 aromatic carbocycles. The SMILES string of the molecule is CCc1ccc(OCCCC(=O)N/N=C/c2ccc(OCc3ccccc3C)c(OC)c2)c(Br)c1. The summed E-state index contributed by atoms with van der Waals surface area (Å²) in [6.07, 6.45) is 3.45. The summed E-state index contributed by atoms with van der Waals surface area (Å²) >= 11 is 3.52. The highest BCUT2D eigenvalue weighted by molar-refractivity contribution is 9.10. The van der Waals surface area contributed by atoms with Gasteiger partial charge in [0.25, 0.3) is 0 Å². The van der Waals surface area contributed by atoms with E-state index in [2.05, 4.69) is 52.4 Å². The number of aryl methyl sites for hydroxylation is 2. The van der Waals surface area contributed by atoms with Crippen molar-refractivity contribution in [2.75, 3.05) is 13.7 Å². The maximum atomic E-state index is 12.1. The summed E-state index contributed by atoms with van der Waals surface area (Å²) in [5.74, 6) is 1.85. The van der Waals surface area contributed by atoms with Gasteiger partial charge in [-0.2, -0.15) is 5.10 Å². The highest BCUT2D eigenvalue weighted by atomic mass is 79.9. The molecule has 184 valence electrons. The van der Waals surface area contributed by atoms with Crippen molar-refractivity contribution < 1.29 is 19.0 Å². The monoisotopic (exact) mass is 538 g/mol. The quantitative estimate of drug-likeness (QED) is 0.169. The van der Waals surface area contributed by atoms with E-state index in [1.165, 1.54) is 11.1 Å². The van der Waals surface area contributed by atoms with Gasteiger partial charge in [0, 0.05) is 6.42 Å². The summed E-state index contributed by atoms with van der Waals surface area (Å²) in [4.78, 5) is 12.1. The number of halogens is 1. The minimum Gasteiger partial charge on any atom is -0.493 e. The first kappa shape index (κ1) is 26.3. The van der Waals surface area contributed by atoms with E-state index in [-0.39, 0.29) is 5.91 Å². The number of ether oxygens (including phenoxy) is 3. The Bertz CT molecular complexity index is 1160. The molecule has 0 aliphatic heterocycles. The Hall–Kier alpha value is -3.32. The van der Waals surface area contributed by atoms with Crippen LogP contribution < -0.4 is 19.6 Å². The molecular formula is C28H31BrN2O4. The summed E-state index contributed by atoms with van der Waals surface area (Å²) in [6.45, 7) is 5.07. The van der Waals surface area contributed by atoms with Gasteiger partial charge >= 0.3 is 0 Å². The normalized spacial score (nSPS) is 10.9. The minimum atomic E-state index is -0.171. The molecule has 1 N–H and O–H groups in total. The van der Waals surface area contributed by atoms with Crippen molar-refractivity contribution in [3.05, 3.63) is 87.4 Å². The molecule has 3 rings (SSSR count). The summed E-state index contributed by atoms with van der Waals surface area (Å²) < 4.78 is 18.1. The molecule has 35 heavy (non-hydrogen) atoms. The Morgan fingerprint density at radius 2 is 1.83 bits per heavy atom. The molecule has 0 bridgehead atoms. The second-order valence-corrected chi connectivity index (χ2v) is 8.84. The third kappa shape index (κ3) is 8.14. The van der Waals surface area contributed by atoms with Gasteiger partial charge in [0.1, 0.15) is 12.4 Å². The van der Waals surface area contributed by atoms with Crippen molar-refractivity contribution in [1.82, 2.24) is 5.43 Å². The molecule has 0 radical (unpaired) electrons. The van der Waals surface area contributed by atoms with E-state index in [1.54, 1.807) is 13.3 Å². The van der Waals surface area contributed by atoms with Crippen LogP contribution in [-0.4, -0.2) is 25.8 Å². The van der Waals surface area contributed by atoms with Crippen molar-refractivity contribution in [3.63, 3.8) is 0 Å². The number of hydrogen-bond donors (Lipinski definition) is 1. The van der Waals surface area contributed by atoms with E-state index in [1.807, 2.05) is 48.5 Å². The van der Waals surface area contributed by atoms with Crippen molar-refractivity contribution in [3.8, 4) is 17.2 Å². The van der Waals surface area contributed by atoms with Crippen LogP contribution in [0.15, 0.2) is 70.2 Å². The maximum absolute atomic E-state index is 12.1. The fourth-order valence-corrected chi connectivity index (χ4v) is 3.88. The Morgan fingerprint density at radius 1 is 1.03 bits per heavy atom. The molecule has 0 aromatic heterocycles. The smallest absolute Gasteiger partial charge is 0.240 e. The zero-order chi connectivity index (χ0) is 25.0. The Balaban J connectivity index is 1.43. The number of benzene rings is 3. The van der Waals surface area contributed by atoms with Crippen LogP contribution in [0.2, 0.25) is 0 Å². The van der Waals surface area contributed by atoms with Gasteiger partial charge in [0.15, 0.2) is 11.5 Å². The number of nitrogens with zero attached hydrogens (tertiary/aromatic N) is 1. The molecule has 0 heterocycles. The fraction of sp³-hybridized carbons (Fsp3) is 0.286. The molecule has 0 spiro atoms. The molecular weight excluding hydrogens is 508 g/mol. The van der Waals surface area contributed by atoms with E-state index in [9.17, 15) is 4.79 Å². The average molecular weight is 539 g/mol. The van der Waals surface area contributed by atoms with E-state index < -0.39 is 0 Å². The Kier molecular flexibility index (Phi) is 10.2. The van der Waals surface area contributed by atoms with Gasteiger partial charge in [-0.15, -0.1) is 0 Å². The van der Waals surface area contributed by atoms with Crippen molar-refractivity contribution in [2.45, 2.75) is 39.7 Å². The molecule has 7 heteroatoms. The second kappa shape index (κ2) is 13.5. The minimum absolute atomic E-state index is 0.171. The topological polar surface area (TPSA) is 69.2 Å². The lowest BCUT2D eigenvalue weighted by atomic mass is 10.1. The van der Waals surface area contributed by atoms with Gasteiger partial charge in [-0.25, -0.2) is 5.43 Å². The van der Waals surface area contributed by atoms with Crippen LogP contribution in [0.25, 0.3) is 0 Å². The predicted molar refractivity (Wildman–Crippen MR) is 142 cm³/mol. The van der Waals surface area contributed by atoms with E-state index in [4.69, 9.17) is 14.2 Å². The first-order valence-corrected chi connectivity index (χ1v) is 12.4. The third-order valence-corrected chi connectivity index (χ3v) is 6.06. The molecule has 0 saturated heterocycles. The van der Waals surface area contributed by atoms with Crippen LogP contribution in [0.1, 0.15) is 42.0 Å². The lowest BCUT2D eigenvalue weighted by Crippen LogP contribution is -2.18. The van der Waals surface area contributed by atoms with Crippen molar-refractivity contribution in [2.24, 2.45) is 5.10 Å². The standard InChI is InChI=1S/C28H31BrN2O4/c1-4-21-11-13-25(24(29)16-21)34-15-7-10-28(32)31-30-18-22-12-14-26(27(17-22)33-3)35-19-23-9-6-5-8-20(23)2/h5-6,8-9,11-14,16-18H,4,7,10,15,19H2,1-3H3,(H,31,32)/b30-18+. The summed E-state index contributed by atoms with van der Waals surface area (Å²) in [7, 11) is 1.59. The molecule has 6 nitrogen and oxygen atoms in total. The maximum Gasteiger partial charge on any atom is 0.240 e. The average Bonchev–Trinajstić information content (AvgIpc) is 2.87. The van der Waals surface area contributed by atoms with Crippen molar-refractivity contribution >= 4 is 28.1 Å². The molecule has 3 aromatic rings.